The van der Waals surface area contributed by atoms with Crippen molar-refractivity contribution in [1.82, 2.24) is 4.90 Å². The van der Waals surface area contributed by atoms with Crippen LogP contribution in [0, 0.1) is 13.8 Å². The number of hydrogen-bond donors (Lipinski definition) is 0. The van der Waals surface area contributed by atoms with Crippen LogP contribution in [0.4, 0.5) is 0 Å². The number of hydrogen-bond acceptors (Lipinski definition) is 5. The molecule has 1 aliphatic rings. The zero-order chi connectivity index (χ0) is 18.7. The van der Waals surface area contributed by atoms with E-state index >= 15 is 0 Å². The predicted octanol–water partition coefficient (Wildman–Crippen LogP) is 2.49. The number of aryl methyl sites for hydroxylation is 2. The minimum atomic E-state index is -3.10. The van der Waals surface area contributed by atoms with Crippen molar-refractivity contribution in [2.45, 2.75) is 32.9 Å². The summed E-state index contributed by atoms with van der Waals surface area (Å²) in [4.78, 5) is 14.3. The van der Waals surface area contributed by atoms with E-state index in [0.29, 0.717) is 17.9 Å². The highest BCUT2D eigenvalue weighted by atomic mass is 32.2. The summed E-state index contributed by atoms with van der Waals surface area (Å²) in [5.74, 6) is 1.10. The molecule has 0 spiro atoms. The van der Waals surface area contributed by atoms with Gasteiger partial charge in [0, 0.05) is 6.04 Å². The number of furan rings is 1. The average Bonchev–Trinajstić information content (AvgIpc) is 3.18. The number of amides is 1. The molecule has 1 aromatic carbocycles. The van der Waals surface area contributed by atoms with Crippen LogP contribution >= 0.6 is 0 Å². The fourth-order valence-corrected chi connectivity index (χ4v) is 4.99. The second-order valence-corrected chi connectivity index (χ2v) is 9.00. The van der Waals surface area contributed by atoms with E-state index < -0.39 is 9.84 Å². The maximum atomic E-state index is 12.8. The molecule has 1 aromatic heterocycles. The van der Waals surface area contributed by atoms with Gasteiger partial charge in [-0.1, -0.05) is 6.07 Å². The van der Waals surface area contributed by atoms with Crippen molar-refractivity contribution in [2.75, 3.05) is 18.1 Å². The van der Waals surface area contributed by atoms with Crippen LogP contribution in [0.3, 0.4) is 0 Å². The van der Waals surface area contributed by atoms with Gasteiger partial charge >= 0.3 is 0 Å². The van der Waals surface area contributed by atoms with E-state index in [9.17, 15) is 13.2 Å². The number of nitrogens with zero attached hydrogens (tertiary/aromatic N) is 1. The van der Waals surface area contributed by atoms with Crippen molar-refractivity contribution in [3.63, 3.8) is 0 Å². The van der Waals surface area contributed by atoms with Crippen LogP contribution in [0.25, 0.3) is 0 Å². The average molecular weight is 377 g/mol. The number of carbonyl (C=O) groups excluding carboxylic acids is 1. The first-order chi connectivity index (χ1) is 12.3. The fraction of sp³-hybridized carbons (Fsp3) is 0.421. The summed E-state index contributed by atoms with van der Waals surface area (Å²) < 4.78 is 34.7. The quantitative estimate of drug-likeness (QED) is 0.773. The molecule has 0 radical (unpaired) electrons. The molecule has 0 saturated carbocycles. The number of ether oxygens (including phenoxy) is 1. The Labute approximate surface area is 153 Å². The van der Waals surface area contributed by atoms with Gasteiger partial charge in [-0.3, -0.25) is 4.79 Å². The number of sulfone groups is 1. The molecule has 0 N–H and O–H groups in total. The Hall–Kier alpha value is -2.28. The molecule has 1 amide bonds. The lowest BCUT2D eigenvalue weighted by atomic mass is 10.1. The molecule has 0 aliphatic carbocycles. The van der Waals surface area contributed by atoms with Gasteiger partial charge in [-0.25, -0.2) is 8.42 Å². The standard InChI is InChI=1S/C19H23NO5S/c1-14-8-15(2)10-18(9-14)25-12-19(21)20(11-17-4-3-6-24-17)16-5-7-26(22,23)13-16/h3-4,6,8-10,16H,5,7,11-13H2,1-2H3. The Kier molecular flexibility index (Phi) is 5.36. The summed E-state index contributed by atoms with van der Waals surface area (Å²) in [7, 11) is -3.10. The van der Waals surface area contributed by atoms with Crippen LogP contribution in [0.2, 0.25) is 0 Å². The third-order valence-electron chi connectivity index (χ3n) is 4.43. The van der Waals surface area contributed by atoms with Gasteiger partial charge in [0.25, 0.3) is 5.91 Å². The molecule has 6 nitrogen and oxygen atoms in total. The van der Waals surface area contributed by atoms with Crippen molar-refractivity contribution < 1.29 is 22.4 Å². The topological polar surface area (TPSA) is 76.8 Å². The second kappa shape index (κ2) is 7.53. The fourth-order valence-electron chi connectivity index (χ4n) is 3.26. The van der Waals surface area contributed by atoms with Crippen LogP contribution in [-0.4, -0.2) is 43.4 Å². The second-order valence-electron chi connectivity index (χ2n) is 6.77. The highest BCUT2D eigenvalue weighted by Gasteiger charge is 2.35. The van der Waals surface area contributed by atoms with Gasteiger partial charge in [-0.15, -0.1) is 0 Å². The van der Waals surface area contributed by atoms with Gasteiger partial charge < -0.3 is 14.1 Å². The number of rotatable bonds is 6. The Morgan fingerprint density at radius 3 is 2.58 bits per heavy atom. The van der Waals surface area contributed by atoms with E-state index in [4.69, 9.17) is 9.15 Å². The van der Waals surface area contributed by atoms with Gasteiger partial charge in [0.1, 0.15) is 11.5 Å². The Balaban J connectivity index is 1.71. The number of benzene rings is 1. The smallest absolute Gasteiger partial charge is 0.261 e. The first-order valence-corrected chi connectivity index (χ1v) is 10.4. The molecule has 0 bridgehead atoms. The third-order valence-corrected chi connectivity index (χ3v) is 6.18. The summed E-state index contributed by atoms with van der Waals surface area (Å²) >= 11 is 0. The highest BCUT2D eigenvalue weighted by molar-refractivity contribution is 7.91. The summed E-state index contributed by atoms with van der Waals surface area (Å²) in [5, 5.41) is 0. The van der Waals surface area contributed by atoms with Gasteiger partial charge in [0.05, 0.1) is 24.3 Å². The van der Waals surface area contributed by atoms with E-state index in [-0.39, 0.29) is 36.6 Å². The van der Waals surface area contributed by atoms with Crippen LogP contribution < -0.4 is 4.74 Å². The van der Waals surface area contributed by atoms with E-state index in [1.54, 1.807) is 17.0 Å². The van der Waals surface area contributed by atoms with Crippen LogP contribution in [0.1, 0.15) is 23.3 Å². The van der Waals surface area contributed by atoms with Crippen molar-refractivity contribution in [3.8, 4) is 5.75 Å². The lowest BCUT2D eigenvalue weighted by Gasteiger charge is -2.27. The minimum Gasteiger partial charge on any atom is -0.484 e. The molecule has 2 heterocycles. The molecule has 26 heavy (non-hydrogen) atoms. The van der Waals surface area contributed by atoms with Crippen LogP contribution in [0.15, 0.2) is 41.0 Å². The molecule has 3 rings (SSSR count). The van der Waals surface area contributed by atoms with Gasteiger partial charge in [0.2, 0.25) is 0 Å². The van der Waals surface area contributed by atoms with Crippen molar-refractivity contribution >= 4 is 15.7 Å². The lowest BCUT2D eigenvalue weighted by Crippen LogP contribution is -2.43. The molecule has 140 valence electrons. The Morgan fingerprint density at radius 2 is 2.00 bits per heavy atom. The number of carbonyl (C=O) groups is 1. The molecular formula is C19H23NO5S. The minimum absolute atomic E-state index is 0.0109. The molecule has 7 heteroatoms. The molecule has 1 unspecified atom stereocenters. The Morgan fingerprint density at radius 1 is 1.27 bits per heavy atom. The van der Waals surface area contributed by atoms with Gasteiger partial charge in [0.15, 0.2) is 16.4 Å². The predicted molar refractivity (Wildman–Crippen MR) is 97.7 cm³/mol. The third kappa shape index (κ3) is 4.66. The molecule has 2 aromatic rings. The monoisotopic (exact) mass is 377 g/mol. The van der Waals surface area contributed by atoms with Crippen molar-refractivity contribution in [2.24, 2.45) is 0 Å². The van der Waals surface area contributed by atoms with Gasteiger partial charge in [-0.2, -0.15) is 0 Å². The summed E-state index contributed by atoms with van der Waals surface area (Å²) in [6, 6.07) is 8.94. The van der Waals surface area contributed by atoms with Crippen molar-refractivity contribution in [1.29, 1.82) is 0 Å². The van der Waals surface area contributed by atoms with E-state index in [1.807, 2.05) is 32.0 Å². The molecule has 1 aliphatic heterocycles. The normalized spacial score (nSPS) is 18.6. The highest BCUT2D eigenvalue weighted by Crippen LogP contribution is 2.21. The summed E-state index contributed by atoms with van der Waals surface area (Å²) in [5.41, 5.74) is 2.11. The lowest BCUT2D eigenvalue weighted by molar-refractivity contribution is -0.136. The maximum Gasteiger partial charge on any atom is 0.261 e. The first-order valence-electron chi connectivity index (χ1n) is 8.56. The molecule has 1 fully saturated rings. The molecule has 1 saturated heterocycles. The first kappa shape index (κ1) is 18.5. The van der Waals surface area contributed by atoms with E-state index in [0.717, 1.165) is 11.1 Å². The molecule has 1 atom stereocenters. The maximum absolute atomic E-state index is 12.8. The SMILES string of the molecule is Cc1cc(C)cc(OCC(=O)N(Cc2ccco2)C2CCS(=O)(=O)C2)c1. The van der Waals surface area contributed by atoms with E-state index in [1.165, 1.54) is 6.26 Å². The zero-order valence-electron chi connectivity index (χ0n) is 15.0. The van der Waals surface area contributed by atoms with Crippen LogP contribution in [-0.2, 0) is 21.2 Å². The molecular weight excluding hydrogens is 354 g/mol. The van der Waals surface area contributed by atoms with Crippen LogP contribution in [0.5, 0.6) is 5.75 Å². The summed E-state index contributed by atoms with van der Waals surface area (Å²) in [6.07, 6.45) is 1.98. The van der Waals surface area contributed by atoms with Crippen molar-refractivity contribution in [3.05, 3.63) is 53.5 Å². The van der Waals surface area contributed by atoms with E-state index in [2.05, 4.69) is 0 Å². The van der Waals surface area contributed by atoms with Gasteiger partial charge in [-0.05, 0) is 55.7 Å². The zero-order valence-corrected chi connectivity index (χ0v) is 15.8. The Bertz CT molecular complexity index is 853. The largest absolute Gasteiger partial charge is 0.484 e. The summed E-state index contributed by atoms with van der Waals surface area (Å²) in [6.45, 7) is 4.03.